The standard InChI is InChI=1S/C10H16N4O2/c1-14-4-7(11)8(13-14)9(16)12-5-10(6-15)2-3-10/h4,15H,2-3,5-6,11H2,1H3,(H,12,16). The number of nitrogens with two attached hydrogens (primary N) is 1. The van der Waals surface area contributed by atoms with Gasteiger partial charge in [-0.15, -0.1) is 0 Å². The van der Waals surface area contributed by atoms with Crippen LogP contribution in [0, 0.1) is 5.41 Å². The second kappa shape index (κ2) is 3.79. The Morgan fingerprint density at radius 1 is 1.75 bits per heavy atom. The Kier molecular flexibility index (Phi) is 2.59. The number of anilines is 1. The molecular formula is C10H16N4O2. The number of nitrogens with one attached hydrogen (secondary N) is 1. The Balaban J connectivity index is 1.96. The lowest BCUT2D eigenvalue weighted by Gasteiger charge is -2.11. The summed E-state index contributed by atoms with van der Waals surface area (Å²) in [5.74, 6) is -0.280. The van der Waals surface area contributed by atoms with Gasteiger partial charge in [0, 0.05) is 25.2 Å². The number of carbonyl (C=O) groups excluding carboxylic acids is 1. The highest BCUT2D eigenvalue weighted by Gasteiger charge is 2.42. The number of hydrogen-bond donors (Lipinski definition) is 3. The average molecular weight is 224 g/mol. The molecule has 1 amide bonds. The van der Waals surface area contributed by atoms with Crippen LogP contribution in [-0.4, -0.2) is 33.9 Å². The third-order valence-corrected chi connectivity index (χ3v) is 2.99. The first-order chi connectivity index (χ1) is 7.56. The van der Waals surface area contributed by atoms with Crippen molar-refractivity contribution in [2.45, 2.75) is 12.8 Å². The van der Waals surface area contributed by atoms with Crippen LogP contribution in [0.15, 0.2) is 6.20 Å². The molecule has 6 nitrogen and oxygen atoms in total. The third-order valence-electron chi connectivity index (χ3n) is 2.99. The Morgan fingerprint density at radius 3 is 2.88 bits per heavy atom. The number of nitrogen functional groups attached to an aromatic ring is 1. The number of carbonyl (C=O) groups is 1. The van der Waals surface area contributed by atoms with Crippen LogP contribution in [0.4, 0.5) is 5.69 Å². The van der Waals surface area contributed by atoms with E-state index in [1.807, 2.05) is 0 Å². The Labute approximate surface area is 93.4 Å². The summed E-state index contributed by atoms with van der Waals surface area (Å²) in [7, 11) is 1.71. The molecule has 0 aromatic carbocycles. The van der Waals surface area contributed by atoms with Crippen molar-refractivity contribution >= 4 is 11.6 Å². The summed E-state index contributed by atoms with van der Waals surface area (Å²) in [5, 5.41) is 15.8. The normalized spacial score (nSPS) is 17.1. The van der Waals surface area contributed by atoms with E-state index >= 15 is 0 Å². The van der Waals surface area contributed by atoms with E-state index in [-0.39, 0.29) is 23.6 Å². The molecule has 2 rings (SSSR count). The zero-order valence-electron chi connectivity index (χ0n) is 9.23. The van der Waals surface area contributed by atoms with E-state index in [0.29, 0.717) is 12.2 Å². The van der Waals surface area contributed by atoms with Crippen molar-refractivity contribution in [1.29, 1.82) is 0 Å². The van der Waals surface area contributed by atoms with Crippen LogP contribution in [-0.2, 0) is 7.05 Å². The minimum absolute atomic E-state index is 0.0980. The molecule has 0 unspecified atom stereocenters. The number of nitrogens with zero attached hydrogens (tertiary/aromatic N) is 2. The SMILES string of the molecule is Cn1cc(N)c(C(=O)NCC2(CO)CC2)n1. The van der Waals surface area contributed by atoms with E-state index in [0.717, 1.165) is 12.8 Å². The predicted molar refractivity (Wildman–Crippen MR) is 58.7 cm³/mol. The second-order valence-electron chi connectivity index (χ2n) is 4.45. The third kappa shape index (κ3) is 2.01. The molecular weight excluding hydrogens is 208 g/mol. The van der Waals surface area contributed by atoms with Crippen molar-refractivity contribution < 1.29 is 9.90 Å². The molecule has 16 heavy (non-hydrogen) atoms. The van der Waals surface area contributed by atoms with Gasteiger partial charge in [-0.05, 0) is 12.8 Å². The average Bonchev–Trinajstić information content (AvgIpc) is 2.96. The number of aromatic nitrogens is 2. The van der Waals surface area contributed by atoms with Gasteiger partial charge < -0.3 is 16.2 Å². The Morgan fingerprint density at radius 2 is 2.44 bits per heavy atom. The van der Waals surface area contributed by atoms with Gasteiger partial charge in [0.15, 0.2) is 5.69 Å². The molecule has 4 N–H and O–H groups in total. The molecule has 0 bridgehead atoms. The molecule has 0 spiro atoms. The number of aliphatic hydroxyl groups excluding tert-OH is 1. The first-order valence-electron chi connectivity index (χ1n) is 5.24. The van der Waals surface area contributed by atoms with Gasteiger partial charge >= 0.3 is 0 Å². The van der Waals surface area contributed by atoms with E-state index in [4.69, 9.17) is 10.8 Å². The maximum atomic E-state index is 11.7. The highest BCUT2D eigenvalue weighted by atomic mass is 16.3. The maximum absolute atomic E-state index is 11.7. The summed E-state index contributed by atoms with van der Waals surface area (Å²) < 4.78 is 1.50. The molecule has 6 heteroatoms. The van der Waals surface area contributed by atoms with Crippen LogP contribution >= 0.6 is 0 Å². The van der Waals surface area contributed by atoms with Crippen LogP contribution in [0.5, 0.6) is 0 Å². The molecule has 1 saturated carbocycles. The van der Waals surface area contributed by atoms with Crippen molar-refractivity contribution in [3.63, 3.8) is 0 Å². The lowest BCUT2D eigenvalue weighted by molar-refractivity contribution is 0.0930. The second-order valence-corrected chi connectivity index (χ2v) is 4.45. The van der Waals surface area contributed by atoms with Crippen molar-refractivity contribution in [3.05, 3.63) is 11.9 Å². The molecule has 1 aliphatic rings. The monoisotopic (exact) mass is 224 g/mol. The number of rotatable bonds is 4. The molecule has 88 valence electrons. The number of hydrogen-bond acceptors (Lipinski definition) is 4. The molecule has 1 aromatic heterocycles. The van der Waals surface area contributed by atoms with Gasteiger partial charge in [-0.25, -0.2) is 0 Å². The largest absolute Gasteiger partial charge is 0.396 e. The molecule has 0 radical (unpaired) electrons. The summed E-state index contributed by atoms with van der Waals surface area (Å²) >= 11 is 0. The van der Waals surface area contributed by atoms with Gasteiger partial charge in [-0.2, -0.15) is 5.10 Å². The van der Waals surface area contributed by atoms with Crippen molar-refractivity contribution in [2.24, 2.45) is 12.5 Å². The van der Waals surface area contributed by atoms with Gasteiger partial charge in [0.1, 0.15) is 0 Å². The Hall–Kier alpha value is -1.56. The van der Waals surface area contributed by atoms with E-state index in [1.165, 1.54) is 4.68 Å². The zero-order valence-corrected chi connectivity index (χ0v) is 9.23. The molecule has 0 aliphatic heterocycles. The smallest absolute Gasteiger partial charge is 0.273 e. The Bertz CT molecular complexity index is 409. The van der Waals surface area contributed by atoms with Gasteiger partial charge in [-0.3, -0.25) is 9.48 Å². The molecule has 0 saturated heterocycles. The molecule has 1 aromatic rings. The topological polar surface area (TPSA) is 93.2 Å². The first-order valence-corrected chi connectivity index (χ1v) is 5.24. The first kappa shape index (κ1) is 10.9. The quantitative estimate of drug-likeness (QED) is 0.643. The van der Waals surface area contributed by atoms with Crippen LogP contribution in [0.1, 0.15) is 23.3 Å². The maximum Gasteiger partial charge on any atom is 0.273 e. The summed E-state index contributed by atoms with van der Waals surface area (Å²) in [6.45, 7) is 0.601. The van der Waals surface area contributed by atoms with Crippen LogP contribution in [0.25, 0.3) is 0 Å². The molecule has 1 aliphatic carbocycles. The van der Waals surface area contributed by atoms with E-state index < -0.39 is 0 Å². The predicted octanol–water partition coefficient (Wildman–Crippen LogP) is -0.495. The number of aliphatic hydroxyl groups is 1. The van der Waals surface area contributed by atoms with Crippen LogP contribution in [0.2, 0.25) is 0 Å². The fourth-order valence-corrected chi connectivity index (χ4v) is 1.60. The minimum atomic E-state index is -0.280. The lowest BCUT2D eigenvalue weighted by atomic mass is 10.1. The summed E-state index contributed by atoms with van der Waals surface area (Å²) in [6.07, 6.45) is 3.51. The van der Waals surface area contributed by atoms with Gasteiger partial charge in [0.2, 0.25) is 0 Å². The van der Waals surface area contributed by atoms with Crippen molar-refractivity contribution in [3.8, 4) is 0 Å². The number of amides is 1. The van der Waals surface area contributed by atoms with Gasteiger partial charge in [0.05, 0.1) is 12.3 Å². The van der Waals surface area contributed by atoms with Crippen LogP contribution in [0.3, 0.4) is 0 Å². The minimum Gasteiger partial charge on any atom is -0.396 e. The summed E-state index contributed by atoms with van der Waals surface area (Å²) in [6, 6.07) is 0. The van der Waals surface area contributed by atoms with Gasteiger partial charge in [0.25, 0.3) is 5.91 Å². The van der Waals surface area contributed by atoms with E-state index in [9.17, 15) is 4.79 Å². The highest BCUT2D eigenvalue weighted by molar-refractivity contribution is 5.97. The molecule has 0 atom stereocenters. The van der Waals surface area contributed by atoms with Gasteiger partial charge in [-0.1, -0.05) is 0 Å². The van der Waals surface area contributed by atoms with E-state index in [1.54, 1.807) is 13.2 Å². The lowest BCUT2D eigenvalue weighted by Crippen LogP contribution is -2.32. The highest BCUT2D eigenvalue weighted by Crippen LogP contribution is 2.44. The van der Waals surface area contributed by atoms with Crippen LogP contribution < -0.4 is 11.1 Å². The zero-order chi connectivity index (χ0) is 11.8. The molecule has 1 heterocycles. The molecule has 1 fully saturated rings. The summed E-state index contributed by atoms with van der Waals surface area (Å²) in [4.78, 5) is 11.7. The fraction of sp³-hybridized carbons (Fsp3) is 0.600. The summed E-state index contributed by atoms with van der Waals surface area (Å²) in [5.41, 5.74) is 6.15. The van der Waals surface area contributed by atoms with E-state index in [2.05, 4.69) is 10.4 Å². The number of aryl methyl sites for hydroxylation is 1. The van der Waals surface area contributed by atoms with Crippen molar-refractivity contribution in [1.82, 2.24) is 15.1 Å². The van der Waals surface area contributed by atoms with Crippen molar-refractivity contribution in [2.75, 3.05) is 18.9 Å². The fourth-order valence-electron chi connectivity index (χ4n) is 1.60.